The van der Waals surface area contributed by atoms with Crippen molar-refractivity contribution in [1.29, 1.82) is 5.26 Å². The number of amides is 2. The van der Waals surface area contributed by atoms with Crippen LogP contribution in [0.4, 0.5) is 16.2 Å². The highest BCUT2D eigenvalue weighted by Crippen LogP contribution is 2.20. The second kappa shape index (κ2) is 5.59. The first-order valence-corrected chi connectivity index (χ1v) is 6.64. The van der Waals surface area contributed by atoms with Gasteiger partial charge in [-0.3, -0.25) is 4.90 Å². The molecule has 3 rings (SSSR count). The summed E-state index contributed by atoms with van der Waals surface area (Å²) in [4.78, 5) is 13.3. The number of nitrogens with one attached hydrogen (secondary N) is 2. The van der Waals surface area contributed by atoms with Crippen LogP contribution >= 0.6 is 0 Å². The van der Waals surface area contributed by atoms with Crippen LogP contribution in [0.15, 0.2) is 40.8 Å². The van der Waals surface area contributed by atoms with E-state index < -0.39 is 0 Å². The summed E-state index contributed by atoms with van der Waals surface area (Å²) in [5, 5.41) is 14.7. The van der Waals surface area contributed by atoms with Gasteiger partial charge in [-0.1, -0.05) is 0 Å². The van der Waals surface area contributed by atoms with E-state index >= 15 is 0 Å². The zero-order valence-electron chi connectivity index (χ0n) is 11.3. The number of furan rings is 1. The molecule has 0 aliphatic carbocycles. The number of urea groups is 1. The van der Waals surface area contributed by atoms with Crippen LogP contribution < -0.4 is 15.5 Å². The molecular weight excluding hydrogens is 268 g/mol. The van der Waals surface area contributed by atoms with Gasteiger partial charge in [-0.25, -0.2) is 4.79 Å². The van der Waals surface area contributed by atoms with E-state index in [1.807, 2.05) is 30.3 Å². The molecular formula is C15H14N4O2. The quantitative estimate of drug-likeness (QED) is 0.901. The smallest absolute Gasteiger partial charge is 0.321 e. The second-order valence-electron chi connectivity index (χ2n) is 4.66. The van der Waals surface area contributed by atoms with Crippen molar-refractivity contribution >= 4 is 17.4 Å². The lowest BCUT2D eigenvalue weighted by atomic mass is 10.2. The largest absolute Gasteiger partial charge is 0.449 e. The summed E-state index contributed by atoms with van der Waals surface area (Å²) in [6.45, 7) is 1.87. The lowest BCUT2D eigenvalue weighted by molar-refractivity contribution is 0.252. The highest BCUT2D eigenvalue weighted by molar-refractivity contribution is 5.94. The van der Waals surface area contributed by atoms with E-state index in [2.05, 4.69) is 10.6 Å². The Labute approximate surface area is 122 Å². The fraction of sp³-hybridized carbons (Fsp3) is 0.200. The van der Waals surface area contributed by atoms with Gasteiger partial charge >= 0.3 is 6.03 Å². The molecule has 2 amide bonds. The average Bonchev–Trinajstić information content (AvgIpc) is 3.14. The molecule has 1 aromatic heterocycles. The molecule has 0 bridgehead atoms. The molecule has 1 fully saturated rings. The highest BCUT2D eigenvalue weighted by atomic mass is 16.3. The molecule has 1 aliphatic rings. The number of rotatable bonds is 4. The maximum Gasteiger partial charge on any atom is 0.321 e. The monoisotopic (exact) mass is 282 g/mol. The number of carbonyl (C=O) groups is 1. The van der Waals surface area contributed by atoms with Crippen molar-refractivity contribution in [3.05, 3.63) is 47.9 Å². The van der Waals surface area contributed by atoms with E-state index in [1.165, 1.54) is 0 Å². The van der Waals surface area contributed by atoms with Crippen molar-refractivity contribution in [3.8, 4) is 6.07 Å². The van der Waals surface area contributed by atoms with Gasteiger partial charge in [0.1, 0.15) is 11.8 Å². The molecule has 2 aromatic rings. The number of hydrogen-bond donors (Lipinski definition) is 2. The maximum atomic E-state index is 11.6. The molecule has 0 unspecified atom stereocenters. The Kier molecular flexibility index (Phi) is 3.48. The normalized spacial score (nSPS) is 13.9. The Morgan fingerprint density at radius 2 is 2.10 bits per heavy atom. The first-order chi connectivity index (χ1) is 10.3. The van der Waals surface area contributed by atoms with E-state index in [0.29, 0.717) is 31.2 Å². The SMILES string of the molecule is N#Cc1ccc(CNc2ccc(N3CCNC3=O)cc2)o1. The van der Waals surface area contributed by atoms with Gasteiger partial charge in [0, 0.05) is 24.5 Å². The van der Waals surface area contributed by atoms with Crippen LogP contribution in [0.25, 0.3) is 0 Å². The van der Waals surface area contributed by atoms with Crippen LogP contribution in [0.2, 0.25) is 0 Å². The van der Waals surface area contributed by atoms with Gasteiger partial charge in [0.05, 0.1) is 6.54 Å². The van der Waals surface area contributed by atoms with Crippen LogP contribution in [0.1, 0.15) is 11.5 Å². The second-order valence-corrected chi connectivity index (χ2v) is 4.66. The minimum absolute atomic E-state index is 0.0599. The van der Waals surface area contributed by atoms with Crippen molar-refractivity contribution in [2.24, 2.45) is 0 Å². The predicted molar refractivity (Wildman–Crippen MR) is 77.9 cm³/mol. The van der Waals surface area contributed by atoms with Crippen LogP contribution in [0.5, 0.6) is 0 Å². The summed E-state index contributed by atoms with van der Waals surface area (Å²) in [5.74, 6) is 1.01. The van der Waals surface area contributed by atoms with Gasteiger partial charge in [0.25, 0.3) is 0 Å². The van der Waals surface area contributed by atoms with Gasteiger partial charge in [0.15, 0.2) is 0 Å². The number of nitriles is 1. The van der Waals surface area contributed by atoms with E-state index in [0.717, 1.165) is 11.4 Å². The fourth-order valence-corrected chi connectivity index (χ4v) is 2.20. The number of hydrogen-bond acceptors (Lipinski definition) is 4. The Hall–Kier alpha value is -2.94. The van der Waals surface area contributed by atoms with E-state index in [1.54, 1.807) is 17.0 Å². The Morgan fingerprint density at radius 1 is 1.29 bits per heavy atom. The lowest BCUT2D eigenvalue weighted by Gasteiger charge is -2.14. The molecule has 6 nitrogen and oxygen atoms in total. The first-order valence-electron chi connectivity index (χ1n) is 6.64. The van der Waals surface area contributed by atoms with Crippen LogP contribution in [0, 0.1) is 11.3 Å². The first kappa shape index (κ1) is 13.1. The molecule has 2 heterocycles. The standard InChI is InChI=1S/C15H14N4O2/c16-9-13-5-6-14(21-13)10-18-11-1-3-12(4-2-11)19-8-7-17-15(19)20/h1-6,18H,7-8,10H2,(H,17,20). The number of carbonyl (C=O) groups excluding carboxylic acids is 1. The Bertz CT molecular complexity index is 684. The Morgan fingerprint density at radius 3 is 2.71 bits per heavy atom. The predicted octanol–water partition coefficient (Wildman–Crippen LogP) is 2.29. The van der Waals surface area contributed by atoms with E-state index in [4.69, 9.17) is 9.68 Å². The van der Waals surface area contributed by atoms with Gasteiger partial charge in [-0.15, -0.1) is 0 Å². The summed E-state index contributed by atoms with van der Waals surface area (Å²) in [7, 11) is 0. The molecule has 0 spiro atoms. The molecule has 0 atom stereocenters. The topological polar surface area (TPSA) is 81.3 Å². The van der Waals surface area contributed by atoms with Gasteiger partial charge < -0.3 is 15.1 Å². The summed E-state index contributed by atoms with van der Waals surface area (Å²) in [6.07, 6.45) is 0. The van der Waals surface area contributed by atoms with Gasteiger partial charge in [-0.05, 0) is 36.4 Å². The fourth-order valence-electron chi connectivity index (χ4n) is 2.20. The van der Waals surface area contributed by atoms with Gasteiger partial charge in [0.2, 0.25) is 5.76 Å². The lowest BCUT2D eigenvalue weighted by Crippen LogP contribution is -2.27. The third-order valence-electron chi connectivity index (χ3n) is 3.27. The highest BCUT2D eigenvalue weighted by Gasteiger charge is 2.20. The molecule has 1 aromatic carbocycles. The van der Waals surface area contributed by atoms with Gasteiger partial charge in [-0.2, -0.15) is 5.26 Å². The minimum atomic E-state index is -0.0599. The molecule has 2 N–H and O–H groups in total. The zero-order chi connectivity index (χ0) is 14.7. The average molecular weight is 282 g/mol. The zero-order valence-corrected chi connectivity index (χ0v) is 11.3. The molecule has 0 saturated carbocycles. The molecule has 21 heavy (non-hydrogen) atoms. The van der Waals surface area contributed by atoms with Crippen LogP contribution in [0.3, 0.4) is 0 Å². The maximum absolute atomic E-state index is 11.6. The van der Waals surface area contributed by atoms with E-state index in [-0.39, 0.29) is 6.03 Å². The molecule has 106 valence electrons. The number of anilines is 2. The number of benzene rings is 1. The van der Waals surface area contributed by atoms with Crippen LogP contribution in [-0.4, -0.2) is 19.1 Å². The molecule has 1 saturated heterocycles. The summed E-state index contributed by atoms with van der Waals surface area (Å²) in [6, 6.07) is 12.9. The molecule has 6 heteroatoms. The summed E-state index contributed by atoms with van der Waals surface area (Å²) < 4.78 is 5.29. The van der Waals surface area contributed by atoms with Crippen molar-refractivity contribution in [3.63, 3.8) is 0 Å². The van der Waals surface area contributed by atoms with Crippen LogP contribution in [-0.2, 0) is 6.54 Å². The number of nitrogens with zero attached hydrogens (tertiary/aromatic N) is 2. The minimum Gasteiger partial charge on any atom is -0.449 e. The summed E-state index contributed by atoms with van der Waals surface area (Å²) >= 11 is 0. The van der Waals surface area contributed by atoms with E-state index in [9.17, 15) is 4.79 Å². The van der Waals surface area contributed by atoms with Crippen molar-refractivity contribution in [1.82, 2.24) is 5.32 Å². The third-order valence-corrected chi connectivity index (χ3v) is 3.27. The van der Waals surface area contributed by atoms with Crippen molar-refractivity contribution in [2.45, 2.75) is 6.54 Å². The van der Waals surface area contributed by atoms with Crippen molar-refractivity contribution < 1.29 is 9.21 Å². The Balaban J connectivity index is 1.62. The third kappa shape index (κ3) is 2.82. The van der Waals surface area contributed by atoms with Crippen molar-refractivity contribution in [2.75, 3.05) is 23.3 Å². The summed E-state index contributed by atoms with van der Waals surface area (Å²) in [5.41, 5.74) is 1.80. The molecule has 1 aliphatic heterocycles. The molecule has 0 radical (unpaired) electrons.